The number of aryl methyl sites for hydroxylation is 1. The number of carbonyl (C=O) groups excluding carboxylic acids is 2. The maximum atomic E-state index is 11.7. The third-order valence-electron chi connectivity index (χ3n) is 4.15. The predicted molar refractivity (Wildman–Crippen MR) is 112 cm³/mol. The normalized spacial score (nSPS) is 10.2. The van der Waals surface area contributed by atoms with Crippen molar-refractivity contribution < 1.29 is 19.1 Å². The molecular weight excluding hydrogens is 358 g/mol. The molecule has 0 saturated carbocycles. The molecule has 7 heteroatoms. The molecule has 0 saturated heterocycles. The number of alkyl carbamates (subject to hydrolysis) is 2. The van der Waals surface area contributed by atoms with Crippen LogP contribution in [0.15, 0.2) is 24.3 Å². The third-order valence-corrected chi connectivity index (χ3v) is 4.15. The van der Waals surface area contributed by atoms with E-state index in [1.54, 1.807) is 0 Å². The van der Waals surface area contributed by atoms with Crippen LogP contribution in [-0.2, 0) is 9.47 Å². The molecule has 2 amide bonds. The minimum absolute atomic E-state index is 0.259. The van der Waals surface area contributed by atoms with E-state index in [2.05, 4.69) is 30.5 Å². The van der Waals surface area contributed by atoms with Gasteiger partial charge in [-0.3, -0.25) is 0 Å². The molecular formula is C21H35N3O4. The van der Waals surface area contributed by atoms with Crippen molar-refractivity contribution in [2.24, 2.45) is 0 Å². The number of benzene rings is 1. The summed E-state index contributed by atoms with van der Waals surface area (Å²) in [6.07, 6.45) is 3.11. The first-order valence-corrected chi connectivity index (χ1v) is 10.2. The number of unbranched alkanes of at least 4 members (excludes halogenated alkanes) is 2. The standard InChI is InChI=1S/C21H35N3O4/c1-4-6-11-22-20(25)27-15-13-24(19-10-8-9-18(3)17-19)14-16-28-21(26)23-12-7-5-2/h8-10,17H,4-7,11-16H2,1-3H3,(H,22,25)(H,23,26). The Balaban J connectivity index is 2.47. The van der Waals surface area contributed by atoms with E-state index >= 15 is 0 Å². The fourth-order valence-electron chi connectivity index (χ4n) is 2.53. The third kappa shape index (κ3) is 10.6. The van der Waals surface area contributed by atoms with Gasteiger partial charge in [0.1, 0.15) is 13.2 Å². The van der Waals surface area contributed by atoms with Crippen molar-refractivity contribution in [1.29, 1.82) is 0 Å². The van der Waals surface area contributed by atoms with E-state index in [4.69, 9.17) is 9.47 Å². The minimum Gasteiger partial charge on any atom is -0.448 e. The Kier molecular flexibility index (Phi) is 12.3. The van der Waals surface area contributed by atoms with Gasteiger partial charge in [0.15, 0.2) is 0 Å². The molecule has 0 aliphatic heterocycles. The van der Waals surface area contributed by atoms with Crippen LogP contribution in [0.4, 0.5) is 15.3 Å². The van der Waals surface area contributed by atoms with Crippen molar-refractivity contribution in [1.82, 2.24) is 10.6 Å². The first-order valence-electron chi connectivity index (χ1n) is 10.2. The van der Waals surface area contributed by atoms with Gasteiger partial charge in [0.05, 0.1) is 13.1 Å². The Hall–Kier alpha value is -2.44. The summed E-state index contributed by atoms with van der Waals surface area (Å²) in [5.41, 5.74) is 2.14. The molecule has 28 heavy (non-hydrogen) atoms. The highest BCUT2D eigenvalue weighted by molar-refractivity contribution is 5.67. The van der Waals surface area contributed by atoms with Crippen molar-refractivity contribution in [3.05, 3.63) is 29.8 Å². The molecule has 0 aliphatic carbocycles. The van der Waals surface area contributed by atoms with Crippen LogP contribution in [0.2, 0.25) is 0 Å². The zero-order chi connectivity index (χ0) is 20.6. The van der Waals surface area contributed by atoms with E-state index in [0.717, 1.165) is 36.9 Å². The molecule has 1 rings (SSSR count). The number of carbonyl (C=O) groups is 2. The molecule has 1 aromatic rings. The second kappa shape index (κ2) is 14.6. The average molecular weight is 394 g/mol. The summed E-state index contributed by atoms with van der Waals surface area (Å²) in [4.78, 5) is 25.4. The number of anilines is 1. The SMILES string of the molecule is CCCCNC(=O)OCCN(CCOC(=O)NCCCC)c1cccc(C)c1. The maximum absolute atomic E-state index is 11.7. The molecule has 0 aliphatic rings. The zero-order valence-corrected chi connectivity index (χ0v) is 17.5. The van der Waals surface area contributed by atoms with Crippen LogP contribution in [-0.4, -0.2) is 51.6 Å². The van der Waals surface area contributed by atoms with Gasteiger partial charge >= 0.3 is 12.2 Å². The topological polar surface area (TPSA) is 79.9 Å². The molecule has 7 nitrogen and oxygen atoms in total. The highest BCUT2D eigenvalue weighted by Gasteiger charge is 2.10. The van der Waals surface area contributed by atoms with Gasteiger partial charge in [0.2, 0.25) is 0 Å². The molecule has 0 heterocycles. The quantitative estimate of drug-likeness (QED) is 0.498. The molecule has 0 spiro atoms. The molecule has 0 atom stereocenters. The highest BCUT2D eigenvalue weighted by Crippen LogP contribution is 2.15. The second-order valence-electron chi connectivity index (χ2n) is 6.66. The van der Waals surface area contributed by atoms with Crippen LogP contribution >= 0.6 is 0 Å². The van der Waals surface area contributed by atoms with Gasteiger partial charge in [-0.1, -0.05) is 38.8 Å². The Labute approximate surface area is 168 Å². The van der Waals surface area contributed by atoms with Gasteiger partial charge in [-0.25, -0.2) is 9.59 Å². The number of ether oxygens (including phenoxy) is 2. The Bertz CT molecular complexity index is 553. The number of hydrogen-bond acceptors (Lipinski definition) is 5. The Morgan fingerprint density at radius 2 is 1.46 bits per heavy atom. The van der Waals surface area contributed by atoms with Gasteiger partial charge in [-0.2, -0.15) is 0 Å². The molecule has 0 bridgehead atoms. The van der Waals surface area contributed by atoms with E-state index in [1.165, 1.54) is 0 Å². The summed E-state index contributed by atoms with van der Waals surface area (Å²) in [6.45, 7) is 8.96. The smallest absolute Gasteiger partial charge is 0.407 e. The molecule has 0 radical (unpaired) electrons. The monoisotopic (exact) mass is 393 g/mol. The van der Waals surface area contributed by atoms with Gasteiger partial charge in [-0.05, 0) is 37.5 Å². The fraction of sp³-hybridized carbons (Fsp3) is 0.619. The lowest BCUT2D eigenvalue weighted by atomic mass is 10.2. The van der Waals surface area contributed by atoms with E-state index < -0.39 is 12.2 Å². The van der Waals surface area contributed by atoms with Gasteiger partial charge < -0.3 is 25.0 Å². The van der Waals surface area contributed by atoms with Crippen molar-refractivity contribution in [2.75, 3.05) is 44.3 Å². The van der Waals surface area contributed by atoms with Crippen LogP contribution in [0, 0.1) is 6.92 Å². The number of rotatable bonds is 13. The Morgan fingerprint density at radius 1 is 0.929 bits per heavy atom. The molecule has 0 aromatic heterocycles. The van der Waals surface area contributed by atoms with Crippen molar-refractivity contribution in [3.8, 4) is 0 Å². The number of nitrogens with zero attached hydrogens (tertiary/aromatic N) is 1. The van der Waals surface area contributed by atoms with E-state index in [9.17, 15) is 9.59 Å². The summed E-state index contributed by atoms with van der Waals surface area (Å²) in [5, 5.41) is 5.46. The van der Waals surface area contributed by atoms with Gasteiger partial charge in [0, 0.05) is 18.8 Å². The number of amides is 2. The maximum Gasteiger partial charge on any atom is 0.407 e. The minimum atomic E-state index is -0.399. The number of nitrogens with one attached hydrogen (secondary N) is 2. The predicted octanol–water partition coefficient (Wildman–Crippen LogP) is 3.85. The zero-order valence-electron chi connectivity index (χ0n) is 17.5. The summed E-state index contributed by atoms with van der Waals surface area (Å²) in [5.74, 6) is 0. The molecule has 0 fully saturated rings. The fourth-order valence-corrected chi connectivity index (χ4v) is 2.53. The Morgan fingerprint density at radius 3 is 1.93 bits per heavy atom. The molecule has 0 unspecified atom stereocenters. The summed E-state index contributed by atoms with van der Waals surface area (Å²) in [6, 6.07) is 8.06. The second-order valence-corrected chi connectivity index (χ2v) is 6.66. The van der Waals surface area contributed by atoms with Crippen molar-refractivity contribution >= 4 is 17.9 Å². The summed E-state index contributed by atoms with van der Waals surface area (Å²) >= 11 is 0. The van der Waals surface area contributed by atoms with Gasteiger partial charge in [0.25, 0.3) is 0 Å². The molecule has 1 aromatic carbocycles. The van der Waals surface area contributed by atoms with E-state index in [1.807, 2.05) is 30.0 Å². The highest BCUT2D eigenvalue weighted by atomic mass is 16.6. The first-order chi connectivity index (χ1) is 13.6. The van der Waals surface area contributed by atoms with Crippen LogP contribution in [0.25, 0.3) is 0 Å². The van der Waals surface area contributed by atoms with Crippen molar-refractivity contribution in [2.45, 2.75) is 46.5 Å². The van der Waals surface area contributed by atoms with Gasteiger partial charge in [-0.15, -0.1) is 0 Å². The first kappa shape index (κ1) is 23.6. The molecule has 158 valence electrons. The lowest BCUT2D eigenvalue weighted by molar-refractivity contribution is 0.144. The van der Waals surface area contributed by atoms with E-state index in [-0.39, 0.29) is 13.2 Å². The van der Waals surface area contributed by atoms with Crippen LogP contribution in [0.3, 0.4) is 0 Å². The van der Waals surface area contributed by atoms with E-state index in [0.29, 0.717) is 26.2 Å². The van der Waals surface area contributed by atoms with Crippen LogP contribution in [0.5, 0.6) is 0 Å². The van der Waals surface area contributed by atoms with Crippen LogP contribution in [0.1, 0.15) is 45.1 Å². The summed E-state index contributed by atoms with van der Waals surface area (Å²) < 4.78 is 10.5. The number of hydrogen-bond donors (Lipinski definition) is 2. The van der Waals surface area contributed by atoms with Crippen molar-refractivity contribution in [3.63, 3.8) is 0 Å². The lowest BCUT2D eigenvalue weighted by Gasteiger charge is -2.25. The lowest BCUT2D eigenvalue weighted by Crippen LogP contribution is -2.35. The van der Waals surface area contributed by atoms with Crippen LogP contribution < -0.4 is 15.5 Å². The average Bonchev–Trinajstić information content (AvgIpc) is 2.67. The largest absolute Gasteiger partial charge is 0.448 e. The summed E-state index contributed by atoms with van der Waals surface area (Å²) in [7, 11) is 0. The molecule has 2 N–H and O–H groups in total.